The van der Waals surface area contributed by atoms with Crippen molar-refractivity contribution in [3.8, 4) is 0 Å². The lowest BCUT2D eigenvalue weighted by Crippen LogP contribution is -2.53. The molecule has 1 aliphatic heterocycles. The lowest BCUT2D eigenvalue weighted by Gasteiger charge is -2.38. The highest BCUT2D eigenvalue weighted by molar-refractivity contribution is 7.12. The van der Waals surface area contributed by atoms with Gasteiger partial charge in [0.15, 0.2) is 0 Å². The Balaban J connectivity index is 0.00000288. The van der Waals surface area contributed by atoms with E-state index in [0.717, 1.165) is 19.3 Å². The number of hydrogen-bond acceptors (Lipinski definition) is 4. The van der Waals surface area contributed by atoms with Crippen molar-refractivity contribution >= 4 is 35.6 Å². The van der Waals surface area contributed by atoms with Crippen molar-refractivity contribution in [3.05, 3.63) is 22.4 Å². The van der Waals surface area contributed by atoms with Crippen LogP contribution in [0.5, 0.6) is 0 Å². The summed E-state index contributed by atoms with van der Waals surface area (Å²) in [5.41, 5.74) is 5.65. The van der Waals surface area contributed by atoms with Crippen LogP contribution in [0.2, 0.25) is 0 Å². The Bertz CT molecular complexity index is 548. The lowest BCUT2D eigenvalue weighted by atomic mass is 9.92. The highest BCUT2D eigenvalue weighted by Crippen LogP contribution is 2.24. The van der Waals surface area contributed by atoms with Gasteiger partial charge >= 0.3 is 0 Å². The number of hydrogen-bond donors (Lipinski definition) is 1. The summed E-state index contributed by atoms with van der Waals surface area (Å²) in [4.78, 5) is 29.7. The topological polar surface area (TPSA) is 66.6 Å². The third-order valence-electron chi connectivity index (χ3n) is 4.37. The molecule has 0 radical (unpaired) electrons. The van der Waals surface area contributed by atoms with Crippen molar-refractivity contribution in [2.24, 2.45) is 11.1 Å². The van der Waals surface area contributed by atoms with Crippen LogP contribution in [0.1, 0.15) is 42.8 Å². The maximum absolute atomic E-state index is 12.9. The number of halogens is 1. The monoisotopic (exact) mass is 373 g/mol. The van der Waals surface area contributed by atoms with Crippen LogP contribution in [0, 0.1) is 5.41 Å². The number of carbonyl (C=O) groups is 2. The van der Waals surface area contributed by atoms with E-state index in [0.29, 0.717) is 24.5 Å². The third kappa shape index (κ3) is 4.94. The standard InChI is InChI=1S/C17H27N3O2S.ClH/c1-17(2,11-18)12-19(3)15(21)13-7-4-5-9-20(13)16(22)14-8-6-10-23-14;/h6,8,10,13H,4-5,7,9,11-12,18H2,1-3H3;1H. The molecule has 1 aliphatic rings. The van der Waals surface area contributed by atoms with Gasteiger partial charge in [0, 0.05) is 20.1 Å². The molecule has 5 nitrogen and oxygen atoms in total. The van der Waals surface area contributed by atoms with Gasteiger partial charge in [0.25, 0.3) is 5.91 Å². The molecule has 0 aromatic carbocycles. The zero-order valence-corrected chi connectivity index (χ0v) is 16.3. The number of rotatable bonds is 5. The molecular formula is C17H28ClN3O2S. The molecule has 0 spiro atoms. The number of nitrogens with zero attached hydrogens (tertiary/aromatic N) is 2. The van der Waals surface area contributed by atoms with Crippen LogP contribution in [0.4, 0.5) is 0 Å². The van der Waals surface area contributed by atoms with Crippen LogP contribution in [0.15, 0.2) is 17.5 Å². The number of piperidine rings is 1. The first-order valence-corrected chi connectivity index (χ1v) is 9.03. The minimum absolute atomic E-state index is 0. The quantitative estimate of drug-likeness (QED) is 0.862. The molecule has 24 heavy (non-hydrogen) atoms. The highest BCUT2D eigenvalue weighted by atomic mass is 35.5. The molecule has 2 amide bonds. The Hall–Kier alpha value is -1.11. The Morgan fingerprint density at radius 3 is 2.71 bits per heavy atom. The summed E-state index contributed by atoms with van der Waals surface area (Å²) in [6.45, 7) is 5.87. The predicted octanol–water partition coefficient (Wildman–Crippen LogP) is 2.61. The minimum Gasteiger partial charge on any atom is -0.343 e. The Labute approximate surface area is 154 Å². The average molecular weight is 374 g/mol. The number of amides is 2. The van der Waals surface area contributed by atoms with E-state index in [-0.39, 0.29) is 35.7 Å². The first-order valence-electron chi connectivity index (χ1n) is 8.15. The van der Waals surface area contributed by atoms with Gasteiger partial charge in [-0.1, -0.05) is 19.9 Å². The number of likely N-dealkylation sites (tertiary alicyclic amines) is 1. The van der Waals surface area contributed by atoms with Crippen LogP contribution in [-0.4, -0.2) is 54.3 Å². The van der Waals surface area contributed by atoms with Crippen LogP contribution in [0.3, 0.4) is 0 Å². The molecule has 0 aliphatic carbocycles. The molecule has 1 aromatic rings. The second-order valence-corrected chi connectivity index (χ2v) is 8.00. The maximum Gasteiger partial charge on any atom is 0.264 e. The number of nitrogens with two attached hydrogens (primary N) is 1. The van der Waals surface area contributed by atoms with Gasteiger partial charge in [-0.2, -0.15) is 0 Å². The molecule has 2 rings (SSSR count). The van der Waals surface area contributed by atoms with Crippen LogP contribution in [0.25, 0.3) is 0 Å². The number of carbonyl (C=O) groups excluding carboxylic acids is 2. The second kappa shape index (κ2) is 8.83. The smallest absolute Gasteiger partial charge is 0.264 e. The second-order valence-electron chi connectivity index (χ2n) is 7.05. The summed E-state index contributed by atoms with van der Waals surface area (Å²) in [7, 11) is 1.81. The molecule has 1 unspecified atom stereocenters. The van der Waals surface area contributed by atoms with Gasteiger partial charge in [-0.3, -0.25) is 9.59 Å². The van der Waals surface area contributed by atoms with Gasteiger partial charge in [0.1, 0.15) is 6.04 Å². The van der Waals surface area contributed by atoms with E-state index in [1.807, 2.05) is 38.4 Å². The van der Waals surface area contributed by atoms with Crippen molar-refractivity contribution in [2.75, 3.05) is 26.7 Å². The Morgan fingerprint density at radius 1 is 1.42 bits per heavy atom. The largest absolute Gasteiger partial charge is 0.343 e. The zero-order valence-electron chi connectivity index (χ0n) is 14.7. The fourth-order valence-electron chi connectivity index (χ4n) is 3.01. The molecule has 136 valence electrons. The minimum atomic E-state index is -0.350. The summed E-state index contributed by atoms with van der Waals surface area (Å²) in [5, 5.41) is 1.89. The van der Waals surface area contributed by atoms with E-state index >= 15 is 0 Å². The molecule has 1 aromatic heterocycles. The van der Waals surface area contributed by atoms with E-state index < -0.39 is 0 Å². The average Bonchev–Trinajstić information content (AvgIpc) is 3.07. The predicted molar refractivity (Wildman–Crippen MR) is 101 cm³/mol. The molecule has 0 saturated carbocycles. The fourth-order valence-corrected chi connectivity index (χ4v) is 3.69. The highest BCUT2D eigenvalue weighted by Gasteiger charge is 2.35. The normalized spacial score (nSPS) is 18.0. The van der Waals surface area contributed by atoms with Gasteiger partial charge in [-0.05, 0) is 42.7 Å². The van der Waals surface area contributed by atoms with Crippen molar-refractivity contribution < 1.29 is 9.59 Å². The Kier molecular flexibility index (Phi) is 7.70. The van der Waals surface area contributed by atoms with E-state index in [4.69, 9.17) is 5.73 Å². The molecule has 1 fully saturated rings. The van der Waals surface area contributed by atoms with Gasteiger partial charge in [-0.15, -0.1) is 23.7 Å². The van der Waals surface area contributed by atoms with Gasteiger partial charge < -0.3 is 15.5 Å². The van der Waals surface area contributed by atoms with Crippen LogP contribution < -0.4 is 5.73 Å². The molecule has 2 heterocycles. The summed E-state index contributed by atoms with van der Waals surface area (Å²) < 4.78 is 0. The maximum atomic E-state index is 12.9. The summed E-state index contributed by atoms with van der Waals surface area (Å²) in [6.07, 6.45) is 2.68. The molecule has 0 bridgehead atoms. The summed E-state index contributed by atoms with van der Waals surface area (Å²) in [5.74, 6) is 0.000617. The molecule has 7 heteroatoms. The third-order valence-corrected chi connectivity index (χ3v) is 5.23. The Morgan fingerprint density at radius 2 is 2.12 bits per heavy atom. The first kappa shape index (κ1) is 20.9. The van der Waals surface area contributed by atoms with E-state index in [9.17, 15) is 9.59 Å². The first-order chi connectivity index (χ1) is 10.9. The van der Waals surface area contributed by atoms with Gasteiger partial charge in [-0.25, -0.2) is 0 Å². The van der Waals surface area contributed by atoms with E-state index in [1.165, 1.54) is 11.3 Å². The molecule has 1 atom stereocenters. The van der Waals surface area contributed by atoms with Crippen molar-refractivity contribution in [1.82, 2.24) is 9.80 Å². The molecule has 1 saturated heterocycles. The SMILES string of the molecule is CN(CC(C)(C)CN)C(=O)C1CCCCN1C(=O)c1cccs1.Cl. The van der Waals surface area contributed by atoms with Gasteiger partial charge in [0.2, 0.25) is 5.91 Å². The van der Waals surface area contributed by atoms with Gasteiger partial charge in [0.05, 0.1) is 4.88 Å². The zero-order chi connectivity index (χ0) is 17.0. The van der Waals surface area contributed by atoms with Crippen molar-refractivity contribution in [2.45, 2.75) is 39.2 Å². The van der Waals surface area contributed by atoms with Crippen LogP contribution in [-0.2, 0) is 4.79 Å². The summed E-state index contributed by atoms with van der Waals surface area (Å²) >= 11 is 1.43. The van der Waals surface area contributed by atoms with E-state index in [2.05, 4.69) is 0 Å². The summed E-state index contributed by atoms with van der Waals surface area (Å²) in [6, 6.07) is 3.34. The van der Waals surface area contributed by atoms with Crippen molar-refractivity contribution in [3.63, 3.8) is 0 Å². The lowest BCUT2D eigenvalue weighted by molar-refractivity contribution is -0.137. The van der Waals surface area contributed by atoms with Crippen molar-refractivity contribution in [1.29, 1.82) is 0 Å². The molecule has 2 N–H and O–H groups in total. The number of thiophene rings is 1. The molecular weight excluding hydrogens is 346 g/mol. The number of likely N-dealkylation sites (N-methyl/N-ethyl adjacent to an activating group) is 1. The fraction of sp³-hybridized carbons (Fsp3) is 0.647. The van der Waals surface area contributed by atoms with Crippen LogP contribution >= 0.6 is 23.7 Å². The van der Waals surface area contributed by atoms with E-state index in [1.54, 1.807) is 9.80 Å².